The predicted molar refractivity (Wildman–Crippen MR) is 84.6 cm³/mol. The number of hydrogen-bond donors (Lipinski definition) is 1. The molecule has 2 aliphatic rings. The quantitative estimate of drug-likeness (QED) is 0.857. The highest BCUT2D eigenvalue weighted by Crippen LogP contribution is 2.29. The van der Waals surface area contributed by atoms with E-state index in [4.69, 9.17) is 11.3 Å². The van der Waals surface area contributed by atoms with Crippen LogP contribution in [-0.2, 0) is 21.2 Å². The van der Waals surface area contributed by atoms with Gasteiger partial charge >= 0.3 is 0 Å². The number of morpholine rings is 1. The standard InChI is InChI=1S/C15H19N3O3S/c1-16-14-2-3-15-13(9-14)8-12(10-17-15)11-22(19,20)18-4-6-21-7-5-18/h2-3,9,12,17H,4-8,10-11H2. The Morgan fingerprint density at radius 3 is 2.86 bits per heavy atom. The summed E-state index contributed by atoms with van der Waals surface area (Å²) in [7, 11) is -3.25. The number of nitrogens with one attached hydrogen (secondary N) is 1. The predicted octanol–water partition coefficient (Wildman–Crippen LogP) is 1.48. The van der Waals surface area contributed by atoms with E-state index in [1.165, 1.54) is 4.31 Å². The Kier molecular flexibility index (Phi) is 4.34. The smallest absolute Gasteiger partial charge is 0.214 e. The zero-order chi connectivity index (χ0) is 15.6. The Labute approximate surface area is 130 Å². The Morgan fingerprint density at radius 2 is 2.14 bits per heavy atom. The topological polar surface area (TPSA) is 63.0 Å². The first-order chi connectivity index (χ1) is 10.6. The van der Waals surface area contributed by atoms with Gasteiger partial charge in [0, 0.05) is 25.3 Å². The van der Waals surface area contributed by atoms with Crippen molar-refractivity contribution in [1.82, 2.24) is 4.31 Å². The molecule has 0 saturated carbocycles. The molecule has 0 spiro atoms. The molecule has 2 heterocycles. The molecule has 118 valence electrons. The van der Waals surface area contributed by atoms with Crippen molar-refractivity contribution in [2.24, 2.45) is 5.92 Å². The van der Waals surface area contributed by atoms with Gasteiger partial charge < -0.3 is 10.1 Å². The van der Waals surface area contributed by atoms with Crippen LogP contribution in [0.2, 0.25) is 0 Å². The van der Waals surface area contributed by atoms with E-state index in [0.717, 1.165) is 11.3 Å². The molecule has 0 bridgehead atoms. The third-order valence-corrected chi connectivity index (χ3v) is 6.16. The summed E-state index contributed by atoms with van der Waals surface area (Å²) in [5.74, 6) is 0.170. The summed E-state index contributed by atoms with van der Waals surface area (Å²) in [4.78, 5) is 3.43. The molecule has 6 nitrogen and oxygen atoms in total. The lowest BCUT2D eigenvalue weighted by molar-refractivity contribution is 0.0729. The van der Waals surface area contributed by atoms with E-state index in [-0.39, 0.29) is 11.7 Å². The second-order valence-electron chi connectivity index (χ2n) is 5.69. The van der Waals surface area contributed by atoms with Gasteiger partial charge in [0.15, 0.2) is 5.69 Å². The van der Waals surface area contributed by atoms with Gasteiger partial charge in [-0.3, -0.25) is 0 Å². The van der Waals surface area contributed by atoms with Crippen molar-refractivity contribution in [1.29, 1.82) is 0 Å². The van der Waals surface area contributed by atoms with Crippen LogP contribution in [0.5, 0.6) is 0 Å². The summed E-state index contributed by atoms with van der Waals surface area (Å²) < 4.78 is 31.7. The zero-order valence-corrected chi connectivity index (χ0v) is 13.1. The molecule has 3 rings (SSSR count). The van der Waals surface area contributed by atoms with E-state index in [9.17, 15) is 8.42 Å². The second kappa shape index (κ2) is 6.24. The molecular weight excluding hydrogens is 302 g/mol. The normalized spacial score (nSPS) is 22.4. The number of nitrogens with zero attached hydrogens (tertiary/aromatic N) is 2. The number of fused-ring (bicyclic) bond motifs is 1. The molecule has 22 heavy (non-hydrogen) atoms. The van der Waals surface area contributed by atoms with Crippen LogP contribution in [0.15, 0.2) is 18.2 Å². The number of ether oxygens (including phenoxy) is 1. The van der Waals surface area contributed by atoms with Crippen molar-refractivity contribution in [2.45, 2.75) is 6.42 Å². The third-order valence-electron chi connectivity index (χ3n) is 4.12. The molecule has 0 aromatic heterocycles. The number of sulfonamides is 1. The van der Waals surface area contributed by atoms with Crippen molar-refractivity contribution < 1.29 is 13.2 Å². The Balaban J connectivity index is 1.70. The van der Waals surface area contributed by atoms with Crippen LogP contribution in [0.25, 0.3) is 4.85 Å². The molecular formula is C15H19N3O3S. The number of anilines is 1. The maximum absolute atomic E-state index is 12.5. The van der Waals surface area contributed by atoms with Gasteiger partial charge in [0.2, 0.25) is 10.0 Å². The molecule has 1 saturated heterocycles. The highest BCUT2D eigenvalue weighted by molar-refractivity contribution is 7.89. The van der Waals surface area contributed by atoms with Crippen molar-refractivity contribution >= 4 is 21.4 Å². The van der Waals surface area contributed by atoms with Crippen molar-refractivity contribution in [3.63, 3.8) is 0 Å². The molecule has 1 aromatic rings. The molecule has 1 fully saturated rings. The van der Waals surface area contributed by atoms with Gasteiger partial charge in [-0.15, -0.1) is 0 Å². The Morgan fingerprint density at radius 1 is 1.36 bits per heavy atom. The third kappa shape index (κ3) is 3.24. The fourth-order valence-corrected chi connectivity index (χ4v) is 4.72. The lowest BCUT2D eigenvalue weighted by Gasteiger charge is -2.30. The molecule has 2 aliphatic heterocycles. The van der Waals surface area contributed by atoms with Gasteiger partial charge in [0.25, 0.3) is 0 Å². The first kappa shape index (κ1) is 15.3. The zero-order valence-electron chi connectivity index (χ0n) is 12.3. The second-order valence-corrected chi connectivity index (χ2v) is 7.71. The molecule has 1 atom stereocenters. The van der Waals surface area contributed by atoms with Gasteiger partial charge in [-0.2, -0.15) is 4.31 Å². The number of hydrogen-bond acceptors (Lipinski definition) is 4. The highest BCUT2D eigenvalue weighted by atomic mass is 32.2. The Hall–Kier alpha value is -1.62. The molecule has 0 radical (unpaired) electrons. The number of benzene rings is 1. The van der Waals surface area contributed by atoms with E-state index in [1.807, 2.05) is 12.1 Å². The van der Waals surface area contributed by atoms with E-state index in [0.29, 0.717) is 45.0 Å². The van der Waals surface area contributed by atoms with Gasteiger partial charge in [0.05, 0.1) is 25.5 Å². The van der Waals surface area contributed by atoms with Gasteiger partial charge in [-0.05, 0) is 24.0 Å². The van der Waals surface area contributed by atoms with E-state index in [2.05, 4.69) is 10.2 Å². The van der Waals surface area contributed by atoms with Crippen LogP contribution in [0, 0.1) is 12.5 Å². The minimum absolute atomic E-state index is 0.0290. The van der Waals surface area contributed by atoms with Crippen molar-refractivity contribution in [3.05, 3.63) is 35.2 Å². The monoisotopic (exact) mass is 321 g/mol. The van der Waals surface area contributed by atoms with Crippen LogP contribution in [0.4, 0.5) is 11.4 Å². The summed E-state index contributed by atoms with van der Waals surface area (Å²) in [6, 6.07) is 5.53. The summed E-state index contributed by atoms with van der Waals surface area (Å²) in [5.41, 5.74) is 2.63. The number of rotatable bonds is 3. The fourth-order valence-electron chi connectivity index (χ4n) is 2.97. The van der Waals surface area contributed by atoms with E-state index >= 15 is 0 Å². The van der Waals surface area contributed by atoms with Crippen molar-refractivity contribution in [3.8, 4) is 0 Å². The Bertz CT molecular complexity index is 690. The molecule has 7 heteroatoms. The first-order valence-electron chi connectivity index (χ1n) is 7.38. The van der Waals surface area contributed by atoms with Crippen molar-refractivity contribution in [2.75, 3.05) is 43.9 Å². The van der Waals surface area contributed by atoms with Gasteiger partial charge in [-0.1, -0.05) is 12.1 Å². The van der Waals surface area contributed by atoms with Crippen LogP contribution < -0.4 is 5.32 Å². The molecule has 1 aromatic carbocycles. The van der Waals surface area contributed by atoms with Gasteiger partial charge in [-0.25, -0.2) is 13.3 Å². The average Bonchev–Trinajstić information content (AvgIpc) is 2.54. The summed E-state index contributed by atoms with van der Waals surface area (Å²) in [6.07, 6.45) is 0.690. The summed E-state index contributed by atoms with van der Waals surface area (Å²) in [6.45, 7) is 9.56. The SMILES string of the molecule is [C-]#[N+]c1ccc2c(c1)CC(CS(=O)(=O)N1CCOCC1)CN2. The first-order valence-corrected chi connectivity index (χ1v) is 8.99. The van der Waals surface area contributed by atoms with Gasteiger partial charge in [0.1, 0.15) is 0 Å². The minimum atomic E-state index is -3.25. The fraction of sp³-hybridized carbons (Fsp3) is 0.533. The highest BCUT2D eigenvalue weighted by Gasteiger charge is 2.29. The van der Waals surface area contributed by atoms with Crippen LogP contribution in [0.1, 0.15) is 5.56 Å². The van der Waals surface area contributed by atoms with E-state index in [1.54, 1.807) is 6.07 Å². The average molecular weight is 321 g/mol. The molecule has 0 aliphatic carbocycles. The van der Waals surface area contributed by atoms with Crippen LogP contribution >= 0.6 is 0 Å². The van der Waals surface area contributed by atoms with Crippen LogP contribution in [-0.4, -0.2) is 51.3 Å². The van der Waals surface area contributed by atoms with E-state index < -0.39 is 10.0 Å². The van der Waals surface area contributed by atoms with Crippen LogP contribution in [0.3, 0.4) is 0 Å². The summed E-state index contributed by atoms with van der Waals surface area (Å²) in [5, 5.41) is 3.28. The maximum atomic E-state index is 12.5. The minimum Gasteiger partial charge on any atom is -0.385 e. The maximum Gasteiger partial charge on any atom is 0.214 e. The molecule has 1 N–H and O–H groups in total. The lowest BCUT2D eigenvalue weighted by Crippen LogP contribution is -2.44. The summed E-state index contributed by atoms with van der Waals surface area (Å²) >= 11 is 0. The lowest BCUT2D eigenvalue weighted by atomic mass is 9.95. The largest absolute Gasteiger partial charge is 0.385 e. The molecule has 0 amide bonds. The molecule has 1 unspecified atom stereocenters.